The van der Waals surface area contributed by atoms with Crippen LogP contribution in [0.25, 0.3) is 0 Å². The number of nitrogens with one attached hydrogen (secondary N) is 1. The highest BCUT2D eigenvalue weighted by Crippen LogP contribution is 2.20. The van der Waals surface area contributed by atoms with E-state index in [1.165, 1.54) is 11.5 Å². The predicted octanol–water partition coefficient (Wildman–Crippen LogP) is 2.35. The molecular weight excluding hydrogens is 276 g/mol. The second kappa shape index (κ2) is 6.77. The van der Waals surface area contributed by atoms with Crippen LogP contribution in [-0.2, 0) is 5.75 Å². The molecule has 0 aromatic carbocycles. The lowest BCUT2D eigenvalue weighted by molar-refractivity contribution is 0.403. The highest BCUT2D eigenvalue weighted by Gasteiger charge is 2.06. The van der Waals surface area contributed by atoms with Gasteiger partial charge in [0.25, 0.3) is 5.88 Å². The Morgan fingerprint density at radius 3 is 3.12 bits per heavy atom. The van der Waals surface area contributed by atoms with Crippen LogP contribution in [0, 0.1) is 0 Å². The number of thioether (sulfide) groups is 1. The first-order valence-corrected chi connectivity index (χ1v) is 7.69. The number of hydrogen-bond donors (Lipinski definition) is 1. The van der Waals surface area contributed by atoms with Crippen LogP contribution in [0.15, 0.2) is 11.4 Å². The Labute approximate surface area is 112 Å². The maximum absolute atomic E-state index is 5.06. The lowest BCUT2D eigenvalue weighted by atomic mass is 10.5. The summed E-state index contributed by atoms with van der Waals surface area (Å²) in [7, 11) is 1.60. The van der Waals surface area contributed by atoms with Gasteiger partial charge < -0.3 is 10.1 Å². The second-order valence-corrected chi connectivity index (χ2v) is 5.39. The summed E-state index contributed by atoms with van der Waals surface area (Å²) >= 11 is 4.49. The molecule has 0 aliphatic rings. The van der Waals surface area contributed by atoms with Crippen molar-refractivity contribution in [2.45, 2.75) is 5.75 Å². The molecule has 0 radical (unpaired) electrons. The minimum Gasteiger partial charge on any atom is -0.478 e. The van der Waals surface area contributed by atoms with Crippen LogP contribution in [0.1, 0.15) is 5.69 Å². The number of rotatable bonds is 7. The summed E-state index contributed by atoms with van der Waals surface area (Å²) < 4.78 is 17.4. The third-order valence-corrected chi connectivity index (χ3v) is 4.03. The van der Waals surface area contributed by atoms with Gasteiger partial charge in [0.15, 0.2) is 0 Å². The van der Waals surface area contributed by atoms with E-state index in [0.29, 0.717) is 5.88 Å². The molecule has 2 aromatic rings. The lowest BCUT2D eigenvalue weighted by Crippen LogP contribution is -2.05. The maximum atomic E-state index is 5.06. The monoisotopic (exact) mass is 288 g/mol. The fourth-order valence-corrected chi connectivity index (χ4v) is 3.04. The van der Waals surface area contributed by atoms with Gasteiger partial charge in [0.2, 0.25) is 5.82 Å². The zero-order chi connectivity index (χ0) is 11.9. The van der Waals surface area contributed by atoms with Crippen molar-refractivity contribution in [3.8, 4) is 5.88 Å². The van der Waals surface area contributed by atoms with Crippen LogP contribution in [0.2, 0.25) is 0 Å². The van der Waals surface area contributed by atoms with Crippen molar-refractivity contribution >= 4 is 40.8 Å². The standard InChI is InChI=1S/C9H12N4OS3/c1-14-9-8(12-17-13-9)10-3-5-15-6-7-2-4-16-11-7/h2,4H,3,5-6H2,1H3,(H,10,12). The van der Waals surface area contributed by atoms with E-state index in [-0.39, 0.29) is 0 Å². The highest BCUT2D eigenvalue weighted by molar-refractivity contribution is 7.98. The first-order chi connectivity index (χ1) is 8.40. The van der Waals surface area contributed by atoms with Crippen molar-refractivity contribution in [3.05, 3.63) is 17.1 Å². The fourth-order valence-electron chi connectivity index (χ4n) is 1.15. The van der Waals surface area contributed by atoms with Gasteiger partial charge in [-0.3, -0.25) is 0 Å². The van der Waals surface area contributed by atoms with Crippen molar-refractivity contribution in [2.24, 2.45) is 0 Å². The molecule has 0 amide bonds. The molecule has 0 spiro atoms. The summed E-state index contributed by atoms with van der Waals surface area (Å²) in [4.78, 5) is 0. The fraction of sp³-hybridized carbons (Fsp3) is 0.444. The molecule has 2 rings (SSSR count). The third-order valence-electron chi connectivity index (χ3n) is 1.93. The number of anilines is 1. The summed E-state index contributed by atoms with van der Waals surface area (Å²) in [5.74, 6) is 3.25. The van der Waals surface area contributed by atoms with E-state index in [1.54, 1.807) is 7.11 Å². The average molecular weight is 288 g/mol. The number of aromatic nitrogens is 3. The van der Waals surface area contributed by atoms with Gasteiger partial charge in [-0.25, -0.2) is 0 Å². The number of methoxy groups -OCH3 is 1. The molecule has 2 heterocycles. The summed E-state index contributed by atoms with van der Waals surface area (Å²) in [6.45, 7) is 0.844. The first-order valence-electron chi connectivity index (χ1n) is 4.97. The van der Waals surface area contributed by atoms with E-state index in [9.17, 15) is 0 Å². The van der Waals surface area contributed by atoms with E-state index >= 15 is 0 Å². The zero-order valence-electron chi connectivity index (χ0n) is 9.25. The minimum atomic E-state index is 0.569. The van der Waals surface area contributed by atoms with Crippen LogP contribution in [0.3, 0.4) is 0 Å². The van der Waals surface area contributed by atoms with Crippen LogP contribution in [0.5, 0.6) is 5.88 Å². The van der Waals surface area contributed by atoms with Gasteiger partial charge in [0, 0.05) is 23.4 Å². The van der Waals surface area contributed by atoms with Crippen LogP contribution in [0.4, 0.5) is 5.82 Å². The van der Waals surface area contributed by atoms with Crippen molar-refractivity contribution in [2.75, 3.05) is 24.7 Å². The summed E-state index contributed by atoms with van der Waals surface area (Å²) in [6, 6.07) is 2.05. The first kappa shape index (κ1) is 12.6. The Morgan fingerprint density at radius 2 is 2.35 bits per heavy atom. The zero-order valence-corrected chi connectivity index (χ0v) is 11.7. The molecule has 0 saturated carbocycles. The second-order valence-electron chi connectivity index (χ2n) is 3.09. The van der Waals surface area contributed by atoms with Gasteiger partial charge in [-0.05, 0) is 17.6 Å². The van der Waals surface area contributed by atoms with E-state index < -0.39 is 0 Å². The third kappa shape index (κ3) is 3.83. The molecule has 5 nitrogen and oxygen atoms in total. The molecule has 0 atom stereocenters. The topological polar surface area (TPSA) is 59.9 Å². The molecule has 1 N–H and O–H groups in total. The van der Waals surface area contributed by atoms with Crippen molar-refractivity contribution < 1.29 is 4.74 Å². The molecule has 8 heteroatoms. The number of hydrogen-bond acceptors (Lipinski definition) is 8. The Bertz CT molecular complexity index is 431. The summed E-state index contributed by atoms with van der Waals surface area (Å²) in [5.41, 5.74) is 1.15. The molecule has 17 heavy (non-hydrogen) atoms. The van der Waals surface area contributed by atoms with Gasteiger partial charge in [-0.1, -0.05) is 0 Å². The molecule has 2 aromatic heterocycles. The average Bonchev–Trinajstić information content (AvgIpc) is 2.98. The van der Waals surface area contributed by atoms with Crippen LogP contribution in [-0.4, -0.2) is 32.5 Å². The molecular formula is C9H12N4OS3. The van der Waals surface area contributed by atoms with Crippen LogP contribution < -0.4 is 10.1 Å². The number of nitrogens with zero attached hydrogens (tertiary/aromatic N) is 3. The van der Waals surface area contributed by atoms with Crippen LogP contribution >= 0.6 is 35.0 Å². The maximum Gasteiger partial charge on any atom is 0.270 e. The Kier molecular flexibility index (Phi) is 5.02. The molecule has 0 aliphatic heterocycles. The van der Waals surface area contributed by atoms with Crippen molar-refractivity contribution in [1.29, 1.82) is 0 Å². The Balaban J connectivity index is 1.63. The normalized spacial score (nSPS) is 10.4. The van der Waals surface area contributed by atoms with Gasteiger partial charge >= 0.3 is 0 Å². The summed E-state index contributed by atoms with van der Waals surface area (Å²) in [6.07, 6.45) is 0. The van der Waals surface area contributed by atoms with Gasteiger partial charge in [0.05, 0.1) is 24.5 Å². The van der Waals surface area contributed by atoms with Gasteiger partial charge in [-0.2, -0.15) is 20.5 Å². The molecule has 0 fully saturated rings. The quantitative estimate of drug-likeness (QED) is 0.789. The van der Waals surface area contributed by atoms with E-state index in [2.05, 4.69) is 24.5 Å². The highest BCUT2D eigenvalue weighted by atomic mass is 32.2. The Morgan fingerprint density at radius 1 is 1.41 bits per heavy atom. The van der Waals surface area contributed by atoms with E-state index in [4.69, 9.17) is 4.74 Å². The van der Waals surface area contributed by atoms with Crippen molar-refractivity contribution in [3.63, 3.8) is 0 Å². The molecule has 0 saturated heterocycles. The number of ether oxygens (including phenoxy) is 1. The lowest BCUT2D eigenvalue weighted by Gasteiger charge is -2.03. The van der Waals surface area contributed by atoms with Gasteiger partial charge in [0.1, 0.15) is 0 Å². The van der Waals surface area contributed by atoms with Gasteiger partial charge in [-0.15, -0.1) is 4.37 Å². The molecule has 0 unspecified atom stereocenters. The molecule has 92 valence electrons. The largest absolute Gasteiger partial charge is 0.478 e. The smallest absolute Gasteiger partial charge is 0.270 e. The van der Waals surface area contributed by atoms with Crippen molar-refractivity contribution in [1.82, 2.24) is 13.1 Å². The van der Waals surface area contributed by atoms with E-state index in [1.807, 2.05) is 17.1 Å². The predicted molar refractivity (Wildman–Crippen MR) is 73.2 cm³/mol. The molecule has 0 aliphatic carbocycles. The molecule has 0 bridgehead atoms. The summed E-state index contributed by atoms with van der Waals surface area (Å²) in [5, 5.41) is 5.20. The van der Waals surface area contributed by atoms with E-state index in [0.717, 1.165) is 41.3 Å². The Hall–Kier alpha value is -0.860. The SMILES string of the molecule is COc1nsnc1NCCSCc1ccsn1. The minimum absolute atomic E-state index is 0.569.